The van der Waals surface area contributed by atoms with E-state index in [1.807, 2.05) is 48.5 Å². The summed E-state index contributed by atoms with van der Waals surface area (Å²) in [5, 5.41) is 0. The fourth-order valence-electron chi connectivity index (χ4n) is 13.3. The molecule has 4 aliphatic carbocycles. The van der Waals surface area contributed by atoms with E-state index < -0.39 is 5.97 Å². The monoisotopic (exact) mass is 901 g/mol. The number of benzene rings is 3. The van der Waals surface area contributed by atoms with E-state index in [0.717, 1.165) is 130 Å². The Bertz CT molecular complexity index is 2080. The van der Waals surface area contributed by atoms with E-state index in [4.69, 9.17) is 23.7 Å². The first-order chi connectivity index (χ1) is 31.9. The summed E-state index contributed by atoms with van der Waals surface area (Å²) in [7, 11) is 0. The lowest BCUT2D eigenvalue weighted by Gasteiger charge is -2.58. The van der Waals surface area contributed by atoms with Gasteiger partial charge in [0.15, 0.2) is 0 Å². The van der Waals surface area contributed by atoms with E-state index in [1.54, 1.807) is 29.8 Å². The van der Waals surface area contributed by atoms with Crippen molar-refractivity contribution in [3.8, 4) is 22.6 Å². The molecule has 0 radical (unpaired) electrons. The molecule has 0 amide bonds. The Labute approximate surface area is 397 Å². The van der Waals surface area contributed by atoms with E-state index in [1.165, 1.54) is 51.4 Å². The number of esters is 2. The van der Waals surface area contributed by atoms with Crippen molar-refractivity contribution in [2.24, 2.45) is 51.8 Å². The average Bonchev–Trinajstić information content (AvgIpc) is 3.67. The van der Waals surface area contributed by atoms with Crippen LogP contribution in [0.3, 0.4) is 0 Å². The van der Waals surface area contributed by atoms with Crippen molar-refractivity contribution >= 4 is 11.9 Å². The van der Waals surface area contributed by atoms with Crippen LogP contribution in [0.15, 0.2) is 84.4 Å². The average molecular weight is 901 g/mol. The Hall–Kier alpha value is -3.94. The highest BCUT2D eigenvalue weighted by Crippen LogP contribution is 2.67. The van der Waals surface area contributed by atoms with Crippen molar-refractivity contribution in [1.29, 1.82) is 0 Å². The molecule has 7 heteroatoms. The Kier molecular flexibility index (Phi) is 15.9. The maximum Gasteiger partial charge on any atom is 0.343 e. The van der Waals surface area contributed by atoms with Gasteiger partial charge in [0, 0.05) is 18.4 Å². The minimum Gasteiger partial charge on any atom is -0.494 e. The molecule has 7 nitrogen and oxygen atoms in total. The van der Waals surface area contributed by atoms with Crippen LogP contribution in [0.25, 0.3) is 11.1 Å². The molecule has 66 heavy (non-hydrogen) atoms. The molecule has 4 fully saturated rings. The van der Waals surface area contributed by atoms with Gasteiger partial charge in [-0.05, 0) is 177 Å². The summed E-state index contributed by atoms with van der Waals surface area (Å²) in [6.07, 6.45) is 21.7. The lowest BCUT2D eigenvalue weighted by atomic mass is 9.47. The molecule has 0 N–H and O–H groups in total. The van der Waals surface area contributed by atoms with Crippen LogP contribution in [-0.2, 0) is 14.2 Å². The molecule has 358 valence electrons. The van der Waals surface area contributed by atoms with E-state index in [9.17, 15) is 9.59 Å². The van der Waals surface area contributed by atoms with Gasteiger partial charge >= 0.3 is 11.9 Å². The second kappa shape index (κ2) is 21.6. The first-order valence-corrected chi connectivity index (χ1v) is 26.1. The quantitative estimate of drug-likeness (QED) is 0.0456. The van der Waals surface area contributed by atoms with Gasteiger partial charge in [0.05, 0.1) is 37.6 Å². The van der Waals surface area contributed by atoms with E-state index in [0.29, 0.717) is 28.9 Å². The third kappa shape index (κ3) is 11.0. The fraction of sp³-hybridized carbons (Fsp3) is 0.627. The molecule has 3 aromatic carbocycles. The van der Waals surface area contributed by atoms with Crippen molar-refractivity contribution in [3.05, 3.63) is 95.6 Å². The van der Waals surface area contributed by atoms with Gasteiger partial charge in [-0.3, -0.25) is 0 Å². The molecular weight excluding hydrogens is 821 g/mol. The number of carbonyl (C=O) groups is 2. The summed E-state index contributed by atoms with van der Waals surface area (Å²) < 4.78 is 29.1. The molecule has 3 aromatic rings. The summed E-state index contributed by atoms with van der Waals surface area (Å²) in [5.41, 5.74) is 5.47. The van der Waals surface area contributed by atoms with Crippen molar-refractivity contribution in [1.82, 2.24) is 0 Å². The predicted octanol–water partition coefficient (Wildman–Crippen LogP) is 14.5. The molecule has 8 atom stereocenters. The third-order valence-corrected chi connectivity index (χ3v) is 17.6. The summed E-state index contributed by atoms with van der Waals surface area (Å²) in [5.74, 6) is 5.47. The van der Waals surface area contributed by atoms with Crippen molar-refractivity contribution < 1.29 is 33.3 Å². The minimum absolute atomic E-state index is 0.0777. The lowest BCUT2D eigenvalue weighted by Crippen LogP contribution is -2.51. The molecular formula is C59H80O7. The normalized spacial score (nSPS) is 28.0. The highest BCUT2D eigenvalue weighted by Gasteiger charge is 2.59. The molecule has 3 saturated carbocycles. The molecule has 8 rings (SSSR count). The fourth-order valence-corrected chi connectivity index (χ4v) is 13.3. The smallest absolute Gasteiger partial charge is 0.343 e. The first kappa shape index (κ1) is 48.5. The Morgan fingerprint density at radius 3 is 2.03 bits per heavy atom. The molecule has 0 spiro atoms. The zero-order valence-corrected chi connectivity index (χ0v) is 41.3. The van der Waals surface area contributed by atoms with Crippen molar-refractivity contribution in [3.63, 3.8) is 0 Å². The second-order valence-electron chi connectivity index (χ2n) is 22.2. The highest BCUT2D eigenvalue weighted by atomic mass is 16.5. The maximum absolute atomic E-state index is 13.5. The van der Waals surface area contributed by atoms with Gasteiger partial charge in [0.2, 0.25) is 0 Å². The zero-order chi connectivity index (χ0) is 46.3. The van der Waals surface area contributed by atoms with Crippen LogP contribution in [0.2, 0.25) is 0 Å². The number of hydrogen-bond acceptors (Lipinski definition) is 7. The predicted molar refractivity (Wildman–Crippen MR) is 264 cm³/mol. The summed E-state index contributed by atoms with van der Waals surface area (Å²) in [6.45, 7) is 18.6. The molecule has 1 saturated heterocycles. The number of hydrogen-bond donors (Lipinski definition) is 0. The van der Waals surface area contributed by atoms with Gasteiger partial charge in [0.1, 0.15) is 17.6 Å². The molecule has 0 aromatic heterocycles. The molecule has 1 heterocycles. The number of carbonyl (C=O) groups excluding carboxylic acids is 2. The SMILES string of the molecule is CCC1(COCCCCCCOc2ccc(OC(=O)c3ccc(-c4ccc(C(=O)OC5CCC6(C)C(=CCC7C6CCC6(C)C(C(C)CCCC(C)C)CCC76)C5)cc4)cc3)cc2)COC1. The van der Waals surface area contributed by atoms with Crippen molar-refractivity contribution in [2.45, 2.75) is 150 Å². The molecule has 1 aliphatic heterocycles. The number of allylic oxidation sites excluding steroid dienone is 1. The summed E-state index contributed by atoms with van der Waals surface area (Å²) in [4.78, 5) is 26.5. The van der Waals surface area contributed by atoms with Crippen molar-refractivity contribution in [2.75, 3.05) is 33.0 Å². The molecule has 0 bridgehead atoms. The largest absolute Gasteiger partial charge is 0.494 e. The maximum atomic E-state index is 13.5. The van der Waals surface area contributed by atoms with E-state index in [2.05, 4.69) is 47.6 Å². The van der Waals surface area contributed by atoms with Crippen LogP contribution in [-0.4, -0.2) is 51.1 Å². The number of ether oxygens (including phenoxy) is 5. The highest BCUT2D eigenvalue weighted by molar-refractivity contribution is 5.92. The van der Waals surface area contributed by atoms with Gasteiger partial charge in [0.25, 0.3) is 0 Å². The van der Waals surface area contributed by atoms with Crippen LogP contribution in [0.1, 0.15) is 165 Å². The third-order valence-electron chi connectivity index (χ3n) is 17.6. The summed E-state index contributed by atoms with van der Waals surface area (Å²) in [6, 6.07) is 22.2. The standard InChI is InChI=1S/C59H80O7/c1-7-59(39-63-40-59)38-62-35-10-8-9-11-36-64-48-24-26-49(27-25-48)65-55(60)45-19-15-43(16-20-45)44-17-21-46(22-18-44)56(61)66-50-31-33-57(5)47(37-50)23-28-51-53-30-29-52(42(4)14-12-13-41(2)3)58(53,6)34-32-54(51)57/h15-27,41-42,50-54H,7-14,28-40H2,1-6H3. The summed E-state index contributed by atoms with van der Waals surface area (Å²) >= 11 is 0. The second-order valence-corrected chi connectivity index (χ2v) is 22.2. The van der Waals surface area contributed by atoms with Gasteiger partial charge in [-0.2, -0.15) is 0 Å². The Morgan fingerprint density at radius 1 is 0.712 bits per heavy atom. The van der Waals surface area contributed by atoms with E-state index in [-0.39, 0.29) is 22.9 Å². The lowest BCUT2D eigenvalue weighted by molar-refractivity contribution is -0.150. The van der Waals surface area contributed by atoms with Crippen LogP contribution in [0.4, 0.5) is 0 Å². The van der Waals surface area contributed by atoms with Crippen LogP contribution in [0, 0.1) is 51.8 Å². The number of unbranched alkanes of at least 4 members (excludes halogenated alkanes) is 3. The minimum atomic E-state index is -0.420. The topological polar surface area (TPSA) is 80.3 Å². The van der Waals surface area contributed by atoms with E-state index >= 15 is 0 Å². The Morgan fingerprint density at radius 2 is 1.38 bits per heavy atom. The number of fused-ring (bicyclic) bond motifs is 5. The molecule has 8 unspecified atom stereocenters. The van der Waals surface area contributed by atoms with Gasteiger partial charge in [-0.1, -0.05) is 103 Å². The van der Waals surface area contributed by atoms with Crippen LogP contribution < -0.4 is 9.47 Å². The van der Waals surface area contributed by atoms with Gasteiger partial charge in [-0.15, -0.1) is 0 Å². The van der Waals surface area contributed by atoms with Gasteiger partial charge in [-0.25, -0.2) is 9.59 Å². The van der Waals surface area contributed by atoms with Gasteiger partial charge < -0.3 is 23.7 Å². The number of rotatable bonds is 21. The Balaban J connectivity index is 0.754. The zero-order valence-electron chi connectivity index (χ0n) is 41.3. The molecule has 5 aliphatic rings. The first-order valence-electron chi connectivity index (χ1n) is 26.1. The van der Waals surface area contributed by atoms with Crippen LogP contribution >= 0.6 is 0 Å². The van der Waals surface area contributed by atoms with Crippen LogP contribution in [0.5, 0.6) is 11.5 Å².